The molecule has 0 aliphatic carbocycles. The molecule has 0 aliphatic heterocycles. The summed E-state index contributed by atoms with van der Waals surface area (Å²) < 4.78 is 5.09. The summed E-state index contributed by atoms with van der Waals surface area (Å²) in [5.41, 5.74) is 5.16. The van der Waals surface area contributed by atoms with E-state index in [1.165, 1.54) is 0 Å². The molecule has 2 atom stereocenters. The number of ether oxygens (including phenoxy) is 1. The summed E-state index contributed by atoms with van der Waals surface area (Å²) in [6, 6.07) is -0.713. The summed E-state index contributed by atoms with van der Waals surface area (Å²) in [6.45, 7) is 8.65. The van der Waals surface area contributed by atoms with Gasteiger partial charge < -0.3 is 20.7 Å². The number of carbonyl (C=O) groups is 1. The number of hydrogen-bond acceptors (Lipinski definition) is 4. The van der Waals surface area contributed by atoms with E-state index >= 15 is 0 Å². The van der Waals surface area contributed by atoms with Crippen LogP contribution in [-0.4, -0.2) is 41.5 Å². The van der Waals surface area contributed by atoms with Crippen molar-refractivity contribution in [1.82, 2.24) is 0 Å². The van der Waals surface area contributed by atoms with E-state index in [0.29, 0.717) is 6.61 Å². The Morgan fingerprint density at radius 1 is 1.35 bits per heavy atom. The van der Waals surface area contributed by atoms with E-state index in [4.69, 9.17) is 20.7 Å². The van der Waals surface area contributed by atoms with Crippen LogP contribution < -0.4 is 5.73 Å². The molecule has 0 amide bonds. The lowest BCUT2D eigenvalue weighted by Crippen LogP contribution is -2.34. The van der Waals surface area contributed by atoms with Gasteiger partial charge in [0.1, 0.15) is 6.04 Å². The lowest BCUT2D eigenvalue weighted by Gasteiger charge is -2.07. The van der Waals surface area contributed by atoms with Gasteiger partial charge in [-0.2, -0.15) is 0 Å². The Balaban J connectivity index is 0. The molecule has 0 aliphatic rings. The summed E-state index contributed by atoms with van der Waals surface area (Å²) in [5.74, 6) is -0.910. The van der Waals surface area contributed by atoms with Gasteiger partial charge in [0.15, 0.2) is 0 Å². The van der Waals surface area contributed by atoms with Gasteiger partial charge in [-0.05, 0) is 19.3 Å². The zero-order chi connectivity index (χ0) is 13.8. The fourth-order valence-corrected chi connectivity index (χ4v) is 0.785. The minimum atomic E-state index is -0.931. The van der Waals surface area contributed by atoms with Crippen LogP contribution in [0.5, 0.6) is 0 Å². The van der Waals surface area contributed by atoms with Crippen molar-refractivity contribution in [1.29, 1.82) is 0 Å². The van der Waals surface area contributed by atoms with E-state index in [2.05, 4.69) is 6.92 Å². The second-order valence-electron chi connectivity index (χ2n) is 4.39. The normalized spacial score (nSPS) is 13.8. The molecule has 0 bridgehead atoms. The molecule has 0 radical (unpaired) electrons. The number of nitrogens with two attached hydrogens (primary N) is 1. The van der Waals surface area contributed by atoms with Crippen LogP contribution in [0.2, 0.25) is 0 Å². The smallest absolute Gasteiger partial charge is 0.320 e. The van der Waals surface area contributed by atoms with Gasteiger partial charge in [-0.1, -0.05) is 27.2 Å². The van der Waals surface area contributed by atoms with Crippen LogP contribution in [0, 0.1) is 5.92 Å². The van der Waals surface area contributed by atoms with Gasteiger partial charge in [-0.25, -0.2) is 0 Å². The molecule has 0 saturated heterocycles. The van der Waals surface area contributed by atoms with Crippen molar-refractivity contribution in [2.75, 3.05) is 13.2 Å². The van der Waals surface area contributed by atoms with Crippen molar-refractivity contribution in [3.63, 3.8) is 0 Å². The van der Waals surface area contributed by atoms with Crippen LogP contribution in [-0.2, 0) is 9.53 Å². The SMILES string of the molecule is CC(C)[C@H](N)C(=O)O.CCCCOCC(C)O. The Bertz CT molecular complexity index is 183. The number of rotatable bonds is 7. The standard InChI is InChI=1S/C7H16O2.C5H11NO2/c1-3-4-5-9-6-7(2)8;1-3(2)4(6)5(7)8/h7-8H,3-6H2,1-2H3;3-4H,6H2,1-2H3,(H,7,8)/t;4-/m.0/s1. The quantitative estimate of drug-likeness (QED) is 0.590. The number of unbranched alkanes of at least 4 members (excludes halogenated alkanes) is 1. The van der Waals surface area contributed by atoms with Crippen LogP contribution in [0.25, 0.3) is 0 Å². The van der Waals surface area contributed by atoms with Gasteiger partial charge >= 0.3 is 5.97 Å². The predicted molar refractivity (Wildman–Crippen MR) is 67.9 cm³/mol. The maximum absolute atomic E-state index is 10.0. The summed E-state index contributed by atoms with van der Waals surface area (Å²) in [5, 5.41) is 17.0. The van der Waals surface area contributed by atoms with E-state index in [1.807, 2.05) is 0 Å². The number of aliphatic carboxylic acids is 1. The molecule has 0 heterocycles. The molecule has 4 N–H and O–H groups in total. The van der Waals surface area contributed by atoms with Crippen molar-refractivity contribution < 1.29 is 19.7 Å². The lowest BCUT2D eigenvalue weighted by atomic mass is 10.1. The highest BCUT2D eigenvalue weighted by molar-refractivity contribution is 5.73. The van der Waals surface area contributed by atoms with Crippen LogP contribution in [0.4, 0.5) is 0 Å². The van der Waals surface area contributed by atoms with Gasteiger partial charge in [0.05, 0.1) is 12.7 Å². The summed E-state index contributed by atoms with van der Waals surface area (Å²) >= 11 is 0. The lowest BCUT2D eigenvalue weighted by molar-refractivity contribution is -0.139. The molecule has 17 heavy (non-hydrogen) atoms. The number of carboxylic acid groups (broad SMARTS) is 1. The molecule has 0 spiro atoms. The van der Waals surface area contributed by atoms with E-state index < -0.39 is 12.0 Å². The first-order valence-corrected chi connectivity index (χ1v) is 6.07. The minimum absolute atomic E-state index is 0.0208. The average Bonchev–Trinajstić information content (AvgIpc) is 2.23. The molecule has 1 unspecified atom stereocenters. The van der Waals surface area contributed by atoms with Crippen LogP contribution in [0.15, 0.2) is 0 Å². The fourth-order valence-electron chi connectivity index (χ4n) is 0.785. The Morgan fingerprint density at radius 3 is 2.12 bits per heavy atom. The van der Waals surface area contributed by atoms with Crippen LogP contribution >= 0.6 is 0 Å². The molecule has 0 aromatic rings. The number of aliphatic hydroxyl groups is 1. The minimum Gasteiger partial charge on any atom is -0.480 e. The monoisotopic (exact) mass is 249 g/mol. The molecular formula is C12H27NO4. The molecule has 0 rings (SSSR count). The number of carboxylic acids is 1. The number of hydrogen-bond donors (Lipinski definition) is 3. The topological polar surface area (TPSA) is 92.8 Å². The van der Waals surface area contributed by atoms with Crippen LogP contribution in [0.3, 0.4) is 0 Å². The Kier molecular flexibility index (Phi) is 13.0. The van der Waals surface area contributed by atoms with Crippen molar-refractivity contribution in [3.05, 3.63) is 0 Å². The summed E-state index contributed by atoms with van der Waals surface area (Å²) in [4.78, 5) is 10.0. The molecule has 0 aromatic carbocycles. The molecule has 0 saturated carbocycles. The van der Waals surface area contributed by atoms with Crippen molar-refractivity contribution in [3.8, 4) is 0 Å². The fraction of sp³-hybridized carbons (Fsp3) is 0.917. The van der Waals surface area contributed by atoms with Crippen molar-refractivity contribution >= 4 is 5.97 Å². The molecular weight excluding hydrogens is 222 g/mol. The number of aliphatic hydroxyl groups excluding tert-OH is 1. The highest BCUT2D eigenvalue weighted by Gasteiger charge is 2.14. The third-order valence-electron chi connectivity index (χ3n) is 2.00. The Labute approximate surface area is 104 Å². The molecule has 0 aromatic heterocycles. The van der Waals surface area contributed by atoms with Gasteiger partial charge in [-0.3, -0.25) is 4.79 Å². The molecule has 104 valence electrons. The van der Waals surface area contributed by atoms with Gasteiger partial charge in [0.2, 0.25) is 0 Å². The highest BCUT2D eigenvalue weighted by atomic mass is 16.5. The first-order valence-electron chi connectivity index (χ1n) is 6.07. The van der Waals surface area contributed by atoms with E-state index in [1.54, 1.807) is 20.8 Å². The summed E-state index contributed by atoms with van der Waals surface area (Å²) in [7, 11) is 0. The molecule has 0 fully saturated rings. The first-order chi connectivity index (χ1) is 7.82. The first kappa shape index (κ1) is 18.7. The predicted octanol–water partition coefficient (Wildman–Crippen LogP) is 1.24. The maximum atomic E-state index is 10.0. The Hall–Kier alpha value is -0.650. The third-order valence-corrected chi connectivity index (χ3v) is 2.00. The van der Waals surface area contributed by atoms with E-state index in [-0.39, 0.29) is 12.0 Å². The van der Waals surface area contributed by atoms with Crippen molar-refractivity contribution in [2.24, 2.45) is 11.7 Å². The van der Waals surface area contributed by atoms with Gasteiger partial charge in [-0.15, -0.1) is 0 Å². The van der Waals surface area contributed by atoms with Crippen LogP contribution in [0.1, 0.15) is 40.5 Å². The highest BCUT2D eigenvalue weighted by Crippen LogP contribution is 1.96. The van der Waals surface area contributed by atoms with Crippen molar-refractivity contribution in [2.45, 2.75) is 52.7 Å². The van der Waals surface area contributed by atoms with Gasteiger partial charge in [0.25, 0.3) is 0 Å². The van der Waals surface area contributed by atoms with Gasteiger partial charge in [0, 0.05) is 6.61 Å². The largest absolute Gasteiger partial charge is 0.480 e. The second-order valence-corrected chi connectivity index (χ2v) is 4.39. The third kappa shape index (κ3) is 15.4. The summed E-state index contributed by atoms with van der Waals surface area (Å²) in [6.07, 6.45) is 1.92. The second kappa shape index (κ2) is 11.8. The molecule has 5 nitrogen and oxygen atoms in total. The maximum Gasteiger partial charge on any atom is 0.320 e. The average molecular weight is 249 g/mol. The van der Waals surface area contributed by atoms with E-state index in [0.717, 1.165) is 19.4 Å². The zero-order valence-corrected chi connectivity index (χ0v) is 11.3. The Morgan fingerprint density at radius 2 is 1.88 bits per heavy atom. The van der Waals surface area contributed by atoms with E-state index in [9.17, 15) is 4.79 Å². The molecule has 5 heteroatoms. The zero-order valence-electron chi connectivity index (χ0n) is 11.3.